The Labute approximate surface area is 125 Å². The fourth-order valence-electron chi connectivity index (χ4n) is 2.30. The standard InChI is InChI=1S/C13H18N2O7/c1-6-4-7(15(20)21)2-3-8(6)14-13-12(19)11(18)10(17)9(5-16)22-13/h2-4,9-14,16-19H,5H2,1H3. The van der Waals surface area contributed by atoms with E-state index in [1.165, 1.54) is 18.2 Å². The number of benzene rings is 1. The van der Waals surface area contributed by atoms with Crippen molar-refractivity contribution in [2.24, 2.45) is 0 Å². The van der Waals surface area contributed by atoms with Crippen LogP contribution in [0.4, 0.5) is 11.4 Å². The number of nitro groups is 1. The van der Waals surface area contributed by atoms with Crippen molar-refractivity contribution in [2.75, 3.05) is 11.9 Å². The van der Waals surface area contributed by atoms with E-state index in [1.807, 2.05) is 0 Å². The molecule has 1 fully saturated rings. The average Bonchev–Trinajstić information content (AvgIpc) is 2.49. The molecule has 5 atom stereocenters. The van der Waals surface area contributed by atoms with Crippen LogP contribution in [-0.4, -0.2) is 62.6 Å². The molecule has 1 aromatic carbocycles. The van der Waals surface area contributed by atoms with Crippen LogP contribution in [0.25, 0.3) is 0 Å². The third kappa shape index (κ3) is 3.18. The maximum Gasteiger partial charge on any atom is 0.269 e. The highest BCUT2D eigenvalue weighted by molar-refractivity contribution is 5.55. The number of anilines is 1. The minimum atomic E-state index is -1.48. The van der Waals surface area contributed by atoms with E-state index in [0.29, 0.717) is 11.3 Å². The summed E-state index contributed by atoms with van der Waals surface area (Å²) in [6.07, 6.45) is -6.44. The number of rotatable bonds is 4. The molecule has 1 aromatic rings. The van der Waals surface area contributed by atoms with Gasteiger partial charge in [0.15, 0.2) is 6.23 Å². The molecule has 0 radical (unpaired) electrons. The van der Waals surface area contributed by atoms with Crippen molar-refractivity contribution >= 4 is 11.4 Å². The summed E-state index contributed by atoms with van der Waals surface area (Å²) in [6.45, 7) is 1.11. The first-order valence-electron chi connectivity index (χ1n) is 6.67. The molecule has 0 aliphatic carbocycles. The molecule has 0 aromatic heterocycles. The minimum Gasteiger partial charge on any atom is -0.394 e. The van der Waals surface area contributed by atoms with Gasteiger partial charge in [-0.2, -0.15) is 0 Å². The number of non-ortho nitro benzene ring substituents is 1. The van der Waals surface area contributed by atoms with Crippen molar-refractivity contribution in [1.29, 1.82) is 0 Å². The molecule has 22 heavy (non-hydrogen) atoms. The van der Waals surface area contributed by atoms with Crippen LogP contribution in [0.1, 0.15) is 5.56 Å². The molecule has 0 saturated carbocycles. The van der Waals surface area contributed by atoms with Gasteiger partial charge in [-0.15, -0.1) is 0 Å². The lowest BCUT2D eigenvalue weighted by Gasteiger charge is -2.40. The molecular weight excluding hydrogens is 296 g/mol. The summed E-state index contributed by atoms with van der Waals surface area (Å²) in [6, 6.07) is 4.10. The van der Waals surface area contributed by atoms with E-state index in [4.69, 9.17) is 9.84 Å². The molecule has 5 unspecified atom stereocenters. The number of nitrogens with one attached hydrogen (secondary N) is 1. The number of hydrogen-bond donors (Lipinski definition) is 5. The molecule has 5 N–H and O–H groups in total. The third-order valence-electron chi connectivity index (χ3n) is 3.61. The van der Waals surface area contributed by atoms with Crippen LogP contribution in [0.15, 0.2) is 18.2 Å². The first-order chi connectivity index (χ1) is 10.3. The molecule has 0 amide bonds. The predicted octanol–water partition coefficient (Wildman–Crippen LogP) is -0.885. The molecule has 1 aliphatic rings. The second kappa shape index (κ2) is 6.55. The number of aliphatic hydroxyl groups excluding tert-OH is 4. The lowest BCUT2D eigenvalue weighted by atomic mass is 9.98. The van der Waals surface area contributed by atoms with E-state index in [9.17, 15) is 25.4 Å². The van der Waals surface area contributed by atoms with Gasteiger partial charge in [-0.3, -0.25) is 10.1 Å². The van der Waals surface area contributed by atoms with Gasteiger partial charge in [0.1, 0.15) is 24.4 Å². The Balaban J connectivity index is 2.17. The molecule has 2 rings (SSSR count). The molecular formula is C13H18N2O7. The van der Waals surface area contributed by atoms with Gasteiger partial charge < -0.3 is 30.5 Å². The smallest absolute Gasteiger partial charge is 0.269 e. The Bertz CT molecular complexity index is 551. The fourth-order valence-corrected chi connectivity index (χ4v) is 2.30. The maximum atomic E-state index is 10.7. The first kappa shape index (κ1) is 16.6. The van der Waals surface area contributed by atoms with Crippen molar-refractivity contribution in [2.45, 2.75) is 37.6 Å². The van der Waals surface area contributed by atoms with Crippen LogP contribution >= 0.6 is 0 Å². The number of hydrogen-bond acceptors (Lipinski definition) is 8. The Morgan fingerprint density at radius 2 is 1.95 bits per heavy atom. The lowest BCUT2D eigenvalue weighted by molar-refractivity contribution is -0.384. The molecule has 1 aliphatic heterocycles. The van der Waals surface area contributed by atoms with Crippen LogP contribution in [0.3, 0.4) is 0 Å². The van der Waals surface area contributed by atoms with Crippen LogP contribution in [0, 0.1) is 17.0 Å². The Morgan fingerprint density at radius 1 is 1.27 bits per heavy atom. The van der Waals surface area contributed by atoms with Crippen molar-refractivity contribution in [1.82, 2.24) is 0 Å². The largest absolute Gasteiger partial charge is 0.394 e. The van der Waals surface area contributed by atoms with Gasteiger partial charge >= 0.3 is 0 Å². The van der Waals surface area contributed by atoms with E-state index in [0.717, 1.165) is 0 Å². The Kier molecular flexibility index (Phi) is 4.94. The monoisotopic (exact) mass is 314 g/mol. The number of nitrogens with zero attached hydrogens (tertiary/aromatic N) is 1. The molecule has 0 spiro atoms. The third-order valence-corrected chi connectivity index (χ3v) is 3.61. The highest BCUT2D eigenvalue weighted by atomic mass is 16.6. The van der Waals surface area contributed by atoms with Crippen LogP contribution in [-0.2, 0) is 4.74 Å². The lowest BCUT2D eigenvalue weighted by Crippen LogP contribution is -2.60. The zero-order valence-corrected chi connectivity index (χ0v) is 11.8. The highest BCUT2D eigenvalue weighted by Crippen LogP contribution is 2.26. The van der Waals surface area contributed by atoms with Crippen molar-refractivity contribution in [3.8, 4) is 0 Å². The van der Waals surface area contributed by atoms with E-state index in [2.05, 4.69) is 5.32 Å². The van der Waals surface area contributed by atoms with E-state index in [1.54, 1.807) is 6.92 Å². The summed E-state index contributed by atoms with van der Waals surface area (Å²) in [7, 11) is 0. The highest BCUT2D eigenvalue weighted by Gasteiger charge is 2.43. The van der Waals surface area contributed by atoms with E-state index >= 15 is 0 Å². The second-order valence-corrected chi connectivity index (χ2v) is 5.15. The molecule has 9 heteroatoms. The van der Waals surface area contributed by atoms with Gasteiger partial charge in [0.05, 0.1) is 11.5 Å². The van der Waals surface area contributed by atoms with Crippen molar-refractivity contribution < 1.29 is 30.1 Å². The fraction of sp³-hybridized carbons (Fsp3) is 0.538. The summed E-state index contributed by atoms with van der Waals surface area (Å²) in [5, 5.41) is 52.0. The SMILES string of the molecule is Cc1cc([N+](=O)[O-])ccc1NC1OC(CO)C(O)C(O)C1O. The number of nitro benzene ring substituents is 1. The van der Waals surface area contributed by atoms with Gasteiger partial charge in [-0.1, -0.05) is 0 Å². The molecule has 122 valence electrons. The normalized spacial score (nSPS) is 31.8. The minimum absolute atomic E-state index is 0.0724. The van der Waals surface area contributed by atoms with Gasteiger partial charge in [0.2, 0.25) is 0 Å². The summed E-state index contributed by atoms with van der Waals surface area (Å²) in [5.41, 5.74) is 0.943. The summed E-state index contributed by atoms with van der Waals surface area (Å²) >= 11 is 0. The zero-order valence-electron chi connectivity index (χ0n) is 11.8. The van der Waals surface area contributed by atoms with E-state index in [-0.39, 0.29) is 5.69 Å². The predicted molar refractivity (Wildman–Crippen MR) is 75.2 cm³/mol. The number of aryl methyl sites for hydroxylation is 1. The number of ether oxygens (including phenoxy) is 1. The Hall–Kier alpha value is -1.78. The van der Waals surface area contributed by atoms with Crippen molar-refractivity contribution in [3.63, 3.8) is 0 Å². The summed E-state index contributed by atoms with van der Waals surface area (Å²) in [5.74, 6) is 0. The quantitative estimate of drug-likeness (QED) is 0.355. The first-order valence-corrected chi connectivity index (χ1v) is 6.67. The van der Waals surface area contributed by atoms with Crippen LogP contribution < -0.4 is 5.32 Å². The molecule has 9 nitrogen and oxygen atoms in total. The molecule has 1 saturated heterocycles. The van der Waals surface area contributed by atoms with Crippen LogP contribution in [0.2, 0.25) is 0 Å². The average molecular weight is 314 g/mol. The Morgan fingerprint density at radius 3 is 2.50 bits per heavy atom. The van der Waals surface area contributed by atoms with Gasteiger partial charge in [-0.05, 0) is 18.6 Å². The van der Waals surface area contributed by atoms with Gasteiger partial charge in [0, 0.05) is 17.8 Å². The van der Waals surface area contributed by atoms with E-state index < -0.39 is 42.2 Å². The van der Waals surface area contributed by atoms with Crippen molar-refractivity contribution in [3.05, 3.63) is 33.9 Å². The van der Waals surface area contributed by atoms with Gasteiger partial charge in [0.25, 0.3) is 5.69 Å². The molecule has 1 heterocycles. The summed E-state index contributed by atoms with van der Waals surface area (Å²) in [4.78, 5) is 10.2. The topological polar surface area (TPSA) is 145 Å². The number of aliphatic hydroxyl groups is 4. The summed E-state index contributed by atoms with van der Waals surface area (Å²) < 4.78 is 5.31. The maximum absolute atomic E-state index is 10.7. The van der Waals surface area contributed by atoms with Gasteiger partial charge in [-0.25, -0.2) is 0 Å². The second-order valence-electron chi connectivity index (χ2n) is 5.15. The van der Waals surface area contributed by atoms with Crippen LogP contribution in [0.5, 0.6) is 0 Å². The molecule has 0 bridgehead atoms. The zero-order chi connectivity index (χ0) is 16.4.